The van der Waals surface area contributed by atoms with Gasteiger partial charge in [-0.05, 0) is 43.0 Å². The first-order chi connectivity index (χ1) is 8.20. The summed E-state index contributed by atoms with van der Waals surface area (Å²) in [6, 6.07) is 7.83. The maximum atomic E-state index is 10.3. The molecule has 0 aliphatic carbocycles. The van der Waals surface area contributed by atoms with Crippen LogP contribution >= 0.6 is 0 Å². The molecular weight excluding hydrogens is 214 g/mol. The Morgan fingerprint density at radius 2 is 2.06 bits per heavy atom. The van der Waals surface area contributed by atoms with Gasteiger partial charge in [0, 0.05) is 6.04 Å². The molecule has 1 fully saturated rings. The number of benzene rings is 1. The Bertz CT molecular complexity index is 350. The van der Waals surface area contributed by atoms with Gasteiger partial charge in [0.05, 0.1) is 13.2 Å². The number of methoxy groups -OCH3 is 1. The molecule has 3 unspecified atom stereocenters. The highest BCUT2D eigenvalue weighted by molar-refractivity contribution is 5.29. The van der Waals surface area contributed by atoms with Crippen molar-refractivity contribution in [3.05, 3.63) is 29.8 Å². The lowest BCUT2D eigenvalue weighted by Gasteiger charge is -2.31. The zero-order valence-corrected chi connectivity index (χ0v) is 10.5. The molecule has 1 aliphatic rings. The van der Waals surface area contributed by atoms with Crippen molar-refractivity contribution < 1.29 is 9.84 Å². The molecule has 17 heavy (non-hydrogen) atoms. The van der Waals surface area contributed by atoms with Gasteiger partial charge in [-0.15, -0.1) is 0 Å². The predicted octanol–water partition coefficient (Wildman–Crippen LogP) is 2.12. The predicted molar refractivity (Wildman–Crippen MR) is 68.1 cm³/mol. The average molecular weight is 235 g/mol. The van der Waals surface area contributed by atoms with Crippen molar-refractivity contribution in [2.24, 2.45) is 5.92 Å². The van der Waals surface area contributed by atoms with Crippen molar-refractivity contribution >= 4 is 0 Å². The summed E-state index contributed by atoms with van der Waals surface area (Å²) in [5, 5.41) is 13.7. The van der Waals surface area contributed by atoms with Crippen molar-refractivity contribution in [3.63, 3.8) is 0 Å². The highest BCUT2D eigenvalue weighted by Gasteiger charge is 2.25. The Kier molecular flexibility index (Phi) is 4.02. The molecule has 1 saturated heterocycles. The molecule has 3 nitrogen and oxygen atoms in total. The Morgan fingerprint density at radius 3 is 2.65 bits per heavy atom. The van der Waals surface area contributed by atoms with Crippen LogP contribution in [0.15, 0.2) is 24.3 Å². The fourth-order valence-electron chi connectivity index (χ4n) is 2.42. The molecule has 0 radical (unpaired) electrons. The second-order valence-electron chi connectivity index (χ2n) is 4.91. The van der Waals surface area contributed by atoms with Gasteiger partial charge in [-0.1, -0.05) is 19.1 Å². The zero-order chi connectivity index (χ0) is 12.3. The molecule has 1 aliphatic heterocycles. The molecule has 3 atom stereocenters. The van der Waals surface area contributed by atoms with Crippen LogP contribution in [0.4, 0.5) is 0 Å². The van der Waals surface area contributed by atoms with Gasteiger partial charge in [-0.25, -0.2) is 0 Å². The van der Waals surface area contributed by atoms with Gasteiger partial charge in [0.1, 0.15) is 5.75 Å². The van der Waals surface area contributed by atoms with E-state index >= 15 is 0 Å². The van der Waals surface area contributed by atoms with Crippen LogP contribution in [0.3, 0.4) is 0 Å². The quantitative estimate of drug-likeness (QED) is 0.843. The lowest BCUT2D eigenvalue weighted by molar-refractivity contribution is 0.101. The van der Waals surface area contributed by atoms with Crippen molar-refractivity contribution in [2.45, 2.75) is 31.9 Å². The van der Waals surface area contributed by atoms with Crippen LogP contribution in [0.5, 0.6) is 5.75 Å². The van der Waals surface area contributed by atoms with Crippen LogP contribution in [-0.4, -0.2) is 24.8 Å². The average Bonchev–Trinajstić information content (AvgIpc) is 2.38. The Morgan fingerprint density at radius 1 is 1.35 bits per heavy atom. The number of rotatable bonds is 3. The molecule has 0 saturated carbocycles. The molecule has 94 valence electrons. The van der Waals surface area contributed by atoms with Gasteiger partial charge in [-0.3, -0.25) is 0 Å². The standard InChI is InChI=1S/C14H21NO2/c1-10-7-8-15-13(9-10)14(16)11-3-5-12(17-2)6-4-11/h3-6,10,13-16H,7-9H2,1-2H3. The van der Waals surface area contributed by atoms with Crippen molar-refractivity contribution in [2.75, 3.05) is 13.7 Å². The van der Waals surface area contributed by atoms with Crippen LogP contribution in [0.25, 0.3) is 0 Å². The zero-order valence-electron chi connectivity index (χ0n) is 10.5. The fourth-order valence-corrected chi connectivity index (χ4v) is 2.42. The normalized spacial score (nSPS) is 26.5. The number of piperidine rings is 1. The summed E-state index contributed by atoms with van der Waals surface area (Å²) in [5.41, 5.74) is 0.956. The van der Waals surface area contributed by atoms with E-state index in [0.717, 1.165) is 24.3 Å². The minimum Gasteiger partial charge on any atom is -0.497 e. The monoisotopic (exact) mass is 235 g/mol. The van der Waals surface area contributed by atoms with Gasteiger partial charge in [0.25, 0.3) is 0 Å². The van der Waals surface area contributed by atoms with Gasteiger partial charge in [0.2, 0.25) is 0 Å². The molecule has 3 heteroatoms. The van der Waals surface area contributed by atoms with E-state index in [9.17, 15) is 5.11 Å². The van der Waals surface area contributed by atoms with Gasteiger partial charge in [-0.2, -0.15) is 0 Å². The Balaban J connectivity index is 2.04. The lowest BCUT2D eigenvalue weighted by atomic mass is 9.89. The summed E-state index contributed by atoms with van der Waals surface area (Å²) >= 11 is 0. The number of hydrogen-bond acceptors (Lipinski definition) is 3. The van der Waals surface area contributed by atoms with E-state index in [1.807, 2.05) is 24.3 Å². The van der Waals surface area contributed by atoms with Crippen LogP contribution in [-0.2, 0) is 0 Å². The van der Waals surface area contributed by atoms with Crippen LogP contribution < -0.4 is 10.1 Å². The summed E-state index contributed by atoms with van der Waals surface area (Å²) < 4.78 is 5.11. The SMILES string of the molecule is COc1ccc(C(O)C2CC(C)CCN2)cc1. The van der Waals surface area contributed by atoms with E-state index < -0.39 is 6.10 Å². The van der Waals surface area contributed by atoms with E-state index in [2.05, 4.69) is 12.2 Å². The van der Waals surface area contributed by atoms with Crippen molar-refractivity contribution in [1.29, 1.82) is 0 Å². The highest BCUT2D eigenvalue weighted by atomic mass is 16.5. The largest absolute Gasteiger partial charge is 0.497 e. The van der Waals surface area contributed by atoms with Crippen molar-refractivity contribution in [1.82, 2.24) is 5.32 Å². The summed E-state index contributed by atoms with van der Waals surface area (Å²) in [6.45, 7) is 3.24. The second-order valence-corrected chi connectivity index (χ2v) is 4.91. The molecule has 0 spiro atoms. The third-order valence-corrected chi connectivity index (χ3v) is 3.54. The molecule has 0 amide bonds. The second kappa shape index (κ2) is 5.52. The third kappa shape index (κ3) is 2.99. The number of ether oxygens (including phenoxy) is 1. The van der Waals surface area contributed by atoms with E-state index in [4.69, 9.17) is 4.74 Å². The summed E-state index contributed by atoms with van der Waals surface area (Å²) in [7, 11) is 1.65. The topological polar surface area (TPSA) is 41.5 Å². The molecule has 2 rings (SSSR count). The maximum Gasteiger partial charge on any atom is 0.118 e. The fraction of sp³-hybridized carbons (Fsp3) is 0.571. The maximum absolute atomic E-state index is 10.3. The number of nitrogens with one attached hydrogen (secondary N) is 1. The van der Waals surface area contributed by atoms with Crippen molar-refractivity contribution in [3.8, 4) is 5.75 Å². The Hall–Kier alpha value is -1.06. The molecular formula is C14H21NO2. The molecule has 0 aromatic heterocycles. The summed E-state index contributed by atoms with van der Waals surface area (Å²) in [5.74, 6) is 1.51. The minimum absolute atomic E-state index is 0.173. The van der Waals surface area contributed by atoms with Gasteiger partial charge >= 0.3 is 0 Å². The van der Waals surface area contributed by atoms with E-state index in [0.29, 0.717) is 5.92 Å². The van der Waals surface area contributed by atoms with Gasteiger partial charge in [0.15, 0.2) is 0 Å². The van der Waals surface area contributed by atoms with E-state index in [-0.39, 0.29) is 6.04 Å². The molecule has 2 N–H and O–H groups in total. The molecule has 1 heterocycles. The first-order valence-electron chi connectivity index (χ1n) is 6.26. The molecule has 1 aromatic rings. The summed E-state index contributed by atoms with van der Waals surface area (Å²) in [4.78, 5) is 0. The number of hydrogen-bond donors (Lipinski definition) is 2. The minimum atomic E-state index is -0.427. The van der Waals surface area contributed by atoms with E-state index in [1.165, 1.54) is 6.42 Å². The lowest BCUT2D eigenvalue weighted by Crippen LogP contribution is -2.41. The van der Waals surface area contributed by atoms with E-state index in [1.54, 1.807) is 7.11 Å². The first kappa shape index (κ1) is 12.4. The van der Waals surface area contributed by atoms with Gasteiger partial charge < -0.3 is 15.2 Å². The number of aliphatic hydroxyl groups is 1. The van der Waals surface area contributed by atoms with Crippen LogP contribution in [0.2, 0.25) is 0 Å². The first-order valence-corrected chi connectivity index (χ1v) is 6.26. The van der Waals surface area contributed by atoms with Crippen LogP contribution in [0.1, 0.15) is 31.4 Å². The number of aliphatic hydroxyl groups excluding tert-OH is 1. The third-order valence-electron chi connectivity index (χ3n) is 3.54. The Labute approximate surface area is 103 Å². The molecule has 1 aromatic carbocycles. The smallest absolute Gasteiger partial charge is 0.118 e. The van der Waals surface area contributed by atoms with Crippen LogP contribution in [0, 0.1) is 5.92 Å². The molecule has 0 bridgehead atoms. The summed E-state index contributed by atoms with van der Waals surface area (Å²) in [6.07, 6.45) is 1.81. The highest BCUT2D eigenvalue weighted by Crippen LogP contribution is 2.26.